The van der Waals surface area contributed by atoms with Gasteiger partial charge in [-0.3, -0.25) is 4.79 Å². The molecule has 2 heterocycles. The van der Waals surface area contributed by atoms with Crippen LogP contribution >= 0.6 is 0 Å². The first-order chi connectivity index (χ1) is 19.4. The van der Waals surface area contributed by atoms with E-state index >= 15 is 0 Å². The highest BCUT2D eigenvalue weighted by Crippen LogP contribution is 2.47. The van der Waals surface area contributed by atoms with Crippen molar-refractivity contribution < 1.29 is 55.4 Å². The Morgan fingerprint density at radius 3 is 1.73 bits per heavy atom. The van der Waals surface area contributed by atoms with Crippen LogP contribution in [0.1, 0.15) is 34.5 Å². The number of hydrogen-bond acceptors (Lipinski definition) is 12. The van der Waals surface area contributed by atoms with E-state index in [2.05, 4.69) is 0 Å². The Hall–Kier alpha value is -5.07. The molecule has 12 nitrogen and oxygen atoms in total. The van der Waals surface area contributed by atoms with Gasteiger partial charge in [-0.1, -0.05) is 0 Å². The van der Waals surface area contributed by atoms with Crippen molar-refractivity contribution in [3.05, 3.63) is 74.9 Å². The molecule has 2 aliphatic rings. The first-order valence-corrected chi connectivity index (χ1v) is 12.5. The molecule has 0 aromatic heterocycles. The Balaban J connectivity index is 1.56. The predicted molar refractivity (Wildman–Crippen MR) is 141 cm³/mol. The fraction of sp³-hybridized carbons (Fsp3) is 0.207. The molecule has 6 rings (SSSR count). The average Bonchev–Trinajstić information content (AvgIpc) is 3.03. The summed E-state index contributed by atoms with van der Waals surface area (Å²) in [6.07, 6.45) is -5.40. The van der Waals surface area contributed by atoms with Crippen LogP contribution in [0.25, 0.3) is 10.8 Å². The van der Waals surface area contributed by atoms with Crippen molar-refractivity contribution in [3.8, 4) is 51.7 Å². The lowest BCUT2D eigenvalue weighted by Crippen LogP contribution is -2.31. The molecule has 12 heteroatoms. The second kappa shape index (κ2) is 9.25. The van der Waals surface area contributed by atoms with Gasteiger partial charge in [-0.05, 0) is 29.1 Å². The standard InChI is InChI=1S/C29H24O12/c30-11-3-17(32)15-8-21(36)28(40-23(15)5-11)10-1-13-14(7-20(35)27(39)25(13)26(38)19(34)2-10)29-22(37)9-16-18(33)4-12(31)6-24(16)41-29/h1-7,21-22,28-33,35-37,39H,8-9H2,(H,34,38)/t21?,22-,28-,29-/m1/s1. The summed E-state index contributed by atoms with van der Waals surface area (Å²) in [4.78, 5) is 13.2. The molecule has 0 radical (unpaired) electrons. The molecule has 1 unspecified atom stereocenters. The Bertz CT molecular complexity index is 1800. The molecule has 0 spiro atoms. The van der Waals surface area contributed by atoms with E-state index in [1.165, 1.54) is 18.2 Å². The van der Waals surface area contributed by atoms with Crippen molar-refractivity contribution in [2.75, 3.05) is 0 Å². The van der Waals surface area contributed by atoms with E-state index in [1.54, 1.807) is 0 Å². The topological polar surface area (TPSA) is 218 Å². The molecule has 9 N–H and O–H groups in total. The zero-order valence-electron chi connectivity index (χ0n) is 21.0. The van der Waals surface area contributed by atoms with Crippen molar-refractivity contribution in [3.63, 3.8) is 0 Å². The summed E-state index contributed by atoms with van der Waals surface area (Å²) in [5, 5.41) is 93.5. The van der Waals surface area contributed by atoms with E-state index in [9.17, 15) is 50.8 Å². The van der Waals surface area contributed by atoms with E-state index in [0.717, 1.165) is 24.3 Å². The van der Waals surface area contributed by atoms with Gasteiger partial charge in [-0.15, -0.1) is 0 Å². The average molecular weight is 564 g/mol. The molecule has 0 aliphatic carbocycles. The van der Waals surface area contributed by atoms with Gasteiger partial charge in [0.2, 0.25) is 5.43 Å². The first-order valence-electron chi connectivity index (χ1n) is 12.5. The van der Waals surface area contributed by atoms with Crippen LogP contribution in [0.15, 0.2) is 47.3 Å². The quantitative estimate of drug-likeness (QED) is 0.160. The minimum atomic E-state index is -1.34. The fourth-order valence-corrected chi connectivity index (χ4v) is 5.52. The van der Waals surface area contributed by atoms with Gasteiger partial charge in [0.05, 0.1) is 17.6 Å². The summed E-state index contributed by atoms with van der Waals surface area (Å²) in [6, 6.07) is 8.05. The summed E-state index contributed by atoms with van der Waals surface area (Å²) in [5.41, 5.74) is -0.578. The Morgan fingerprint density at radius 1 is 0.610 bits per heavy atom. The number of aromatic hydroxyl groups is 7. The van der Waals surface area contributed by atoms with Crippen LogP contribution < -0.4 is 14.9 Å². The Kier molecular flexibility index (Phi) is 5.90. The molecule has 0 fully saturated rings. The highest BCUT2D eigenvalue weighted by atomic mass is 16.5. The van der Waals surface area contributed by atoms with Crippen LogP contribution in [0.3, 0.4) is 0 Å². The number of hydrogen-bond donors (Lipinski definition) is 9. The third-order valence-electron chi connectivity index (χ3n) is 7.43. The number of aliphatic hydroxyl groups excluding tert-OH is 2. The molecule has 0 amide bonds. The summed E-state index contributed by atoms with van der Waals surface area (Å²) in [6.45, 7) is 0. The van der Waals surface area contributed by atoms with Crippen LogP contribution in [0.5, 0.6) is 51.7 Å². The normalized spacial score (nSPS) is 21.4. The van der Waals surface area contributed by atoms with Crippen molar-refractivity contribution in [2.45, 2.75) is 37.3 Å². The summed E-state index contributed by atoms with van der Waals surface area (Å²) >= 11 is 0. The zero-order chi connectivity index (χ0) is 29.3. The van der Waals surface area contributed by atoms with E-state index in [4.69, 9.17) is 9.47 Å². The van der Waals surface area contributed by atoms with E-state index in [-0.39, 0.29) is 75.0 Å². The third-order valence-corrected chi connectivity index (χ3v) is 7.43. The number of ether oxygens (including phenoxy) is 2. The molecular weight excluding hydrogens is 540 g/mol. The van der Waals surface area contributed by atoms with Crippen LogP contribution in [0.4, 0.5) is 0 Å². The van der Waals surface area contributed by atoms with Crippen molar-refractivity contribution in [1.82, 2.24) is 0 Å². The number of rotatable bonds is 2. The maximum Gasteiger partial charge on any atom is 0.231 e. The lowest BCUT2D eigenvalue weighted by Gasteiger charge is -2.32. The number of fused-ring (bicyclic) bond motifs is 3. The zero-order valence-corrected chi connectivity index (χ0v) is 21.0. The number of aliphatic hydroxyl groups is 2. The highest BCUT2D eigenvalue weighted by Gasteiger charge is 2.36. The second-order valence-electron chi connectivity index (χ2n) is 10.1. The van der Waals surface area contributed by atoms with E-state index < -0.39 is 52.5 Å². The van der Waals surface area contributed by atoms with Crippen molar-refractivity contribution >= 4 is 10.8 Å². The van der Waals surface area contributed by atoms with Gasteiger partial charge >= 0.3 is 0 Å². The number of phenols is 6. The third kappa shape index (κ3) is 4.20. The van der Waals surface area contributed by atoms with Crippen molar-refractivity contribution in [2.24, 2.45) is 0 Å². The van der Waals surface area contributed by atoms with Gasteiger partial charge < -0.3 is 55.4 Å². The Labute approximate surface area is 230 Å². The lowest BCUT2D eigenvalue weighted by molar-refractivity contribution is 0.0193. The fourth-order valence-electron chi connectivity index (χ4n) is 5.52. The van der Waals surface area contributed by atoms with Crippen LogP contribution in [0.2, 0.25) is 0 Å². The predicted octanol–water partition coefficient (Wildman–Crippen LogP) is 2.21. The van der Waals surface area contributed by atoms with Gasteiger partial charge in [0.1, 0.15) is 40.6 Å². The van der Waals surface area contributed by atoms with Crippen LogP contribution in [-0.4, -0.2) is 58.2 Å². The maximum atomic E-state index is 13.2. The van der Waals surface area contributed by atoms with Gasteiger partial charge in [0.25, 0.3) is 0 Å². The second-order valence-corrected chi connectivity index (χ2v) is 10.1. The summed E-state index contributed by atoms with van der Waals surface area (Å²) < 4.78 is 11.8. The van der Waals surface area contributed by atoms with Gasteiger partial charge in [0, 0.05) is 53.8 Å². The Morgan fingerprint density at radius 2 is 1.15 bits per heavy atom. The van der Waals surface area contributed by atoms with E-state index in [1.807, 2.05) is 0 Å². The molecule has 4 aromatic rings. The molecule has 0 saturated carbocycles. The van der Waals surface area contributed by atoms with Gasteiger partial charge in [-0.2, -0.15) is 0 Å². The van der Waals surface area contributed by atoms with Gasteiger partial charge in [-0.25, -0.2) is 0 Å². The number of phenolic OH excluding ortho intramolecular Hbond substituents is 6. The minimum absolute atomic E-state index is 0.00576. The molecule has 0 bridgehead atoms. The van der Waals surface area contributed by atoms with Crippen molar-refractivity contribution in [1.29, 1.82) is 0 Å². The van der Waals surface area contributed by atoms with Gasteiger partial charge in [0.15, 0.2) is 23.4 Å². The summed E-state index contributed by atoms with van der Waals surface area (Å²) in [5.74, 6) is -3.57. The smallest absolute Gasteiger partial charge is 0.231 e. The molecular formula is C29H24O12. The molecule has 41 heavy (non-hydrogen) atoms. The minimum Gasteiger partial charge on any atom is -0.508 e. The van der Waals surface area contributed by atoms with E-state index in [0.29, 0.717) is 0 Å². The number of benzene rings is 3. The van der Waals surface area contributed by atoms with Crippen LogP contribution in [0, 0.1) is 0 Å². The van der Waals surface area contributed by atoms with Crippen LogP contribution in [-0.2, 0) is 12.8 Å². The lowest BCUT2D eigenvalue weighted by atomic mass is 9.90. The summed E-state index contributed by atoms with van der Waals surface area (Å²) in [7, 11) is 0. The first kappa shape index (κ1) is 26.2. The molecule has 4 aromatic carbocycles. The largest absolute Gasteiger partial charge is 0.508 e. The SMILES string of the molecule is O=c1c(O)cc([C@H]2Oc3cc(O)cc(O)c3CC2O)cc2c([C@H]3Oc4cc(O)cc(O)c4C[C@H]3O)cc(O)c(O)c12. The highest BCUT2D eigenvalue weighted by molar-refractivity contribution is 5.94. The monoisotopic (exact) mass is 564 g/mol. The molecule has 2 aliphatic heterocycles. The maximum absolute atomic E-state index is 13.2. The molecule has 212 valence electrons. The molecule has 0 saturated heterocycles. The molecule has 4 atom stereocenters.